The zero-order valence-electron chi connectivity index (χ0n) is 17.8. The van der Waals surface area contributed by atoms with E-state index in [4.69, 9.17) is 9.47 Å². The molecule has 1 aromatic rings. The number of ketones is 1. The number of hydrogen-bond acceptors (Lipinski definition) is 6. The van der Waals surface area contributed by atoms with E-state index in [2.05, 4.69) is 0 Å². The summed E-state index contributed by atoms with van der Waals surface area (Å²) in [5, 5.41) is 0. The molecular weight excluding hydrogens is 400 g/mol. The quantitative estimate of drug-likeness (QED) is 0.532. The monoisotopic (exact) mass is 426 g/mol. The van der Waals surface area contributed by atoms with Gasteiger partial charge in [-0.05, 0) is 42.7 Å². The van der Waals surface area contributed by atoms with Crippen LogP contribution in [0.2, 0.25) is 0 Å². The number of amides is 2. The second-order valence-electron chi connectivity index (χ2n) is 9.25. The Kier molecular flexibility index (Phi) is 4.23. The fourth-order valence-corrected chi connectivity index (χ4v) is 7.49. The standard InChI is InChI=1S/C23H26N2O6/c1-30-19(28)23-10-9-21-8-5-11-24(14-26)18(21)22(23,13-15(27)12-21)16-6-3-4-7-17(16)25(23)20(29)31-2/h3-4,6-7,14,18H,5,8-13H2,1-2H3/t18?,21-,22-,23+/m0/s1. The Labute approximate surface area is 180 Å². The summed E-state index contributed by atoms with van der Waals surface area (Å²) in [6.07, 6.45) is 3.15. The summed E-state index contributed by atoms with van der Waals surface area (Å²) in [5.74, 6) is -0.521. The summed E-state index contributed by atoms with van der Waals surface area (Å²) in [5.41, 5.74) is -1.67. The van der Waals surface area contributed by atoms with Gasteiger partial charge >= 0.3 is 12.1 Å². The number of fused-ring (bicyclic) bond motifs is 1. The smallest absolute Gasteiger partial charge is 0.415 e. The molecule has 2 aliphatic heterocycles. The molecule has 2 aliphatic carbocycles. The van der Waals surface area contributed by atoms with Gasteiger partial charge in [-0.1, -0.05) is 18.2 Å². The van der Waals surface area contributed by atoms with Crippen LogP contribution in [0.4, 0.5) is 10.5 Å². The molecular formula is C23H26N2O6. The molecule has 5 rings (SSSR count). The van der Waals surface area contributed by atoms with Crippen molar-refractivity contribution in [2.24, 2.45) is 5.41 Å². The predicted molar refractivity (Wildman–Crippen MR) is 109 cm³/mol. The maximum Gasteiger partial charge on any atom is 0.415 e. The van der Waals surface area contributed by atoms with Crippen molar-refractivity contribution >= 4 is 29.9 Å². The van der Waals surface area contributed by atoms with Crippen molar-refractivity contribution in [3.63, 3.8) is 0 Å². The van der Waals surface area contributed by atoms with Crippen LogP contribution in [0.15, 0.2) is 24.3 Å². The van der Waals surface area contributed by atoms with Crippen LogP contribution in [0.25, 0.3) is 0 Å². The van der Waals surface area contributed by atoms with Crippen LogP contribution in [-0.4, -0.2) is 61.5 Å². The van der Waals surface area contributed by atoms with E-state index in [0.29, 0.717) is 31.5 Å². The number of Topliss-reactive ketones (excluding diaryl/α,β-unsaturated/α-hetero) is 1. The SMILES string of the molecule is COC(=O)N1c2ccccc2[C@@]23CC(=O)C[C@]4(CCCN(C=O)C42)CC[C@]13C(=O)OC. The fraction of sp³-hybridized carbons (Fsp3) is 0.565. The van der Waals surface area contributed by atoms with E-state index < -0.39 is 28.4 Å². The van der Waals surface area contributed by atoms with Gasteiger partial charge in [0.1, 0.15) is 5.78 Å². The van der Waals surface area contributed by atoms with Crippen molar-refractivity contribution < 1.29 is 28.7 Å². The van der Waals surface area contributed by atoms with Gasteiger partial charge in [0.05, 0.1) is 31.4 Å². The molecule has 2 amide bonds. The average molecular weight is 426 g/mol. The Hall–Kier alpha value is -2.90. The number of carbonyl (C=O) groups is 4. The number of para-hydroxylation sites is 1. The van der Waals surface area contributed by atoms with Crippen molar-refractivity contribution in [1.82, 2.24) is 4.90 Å². The Morgan fingerprint density at radius 1 is 1.10 bits per heavy atom. The maximum absolute atomic E-state index is 13.6. The van der Waals surface area contributed by atoms with E-state index in [1.807, 2.05) is 12.1 Å². The highest BCUT2D eigenvalue weighted by Gasteiger charge is 2.79. The molecule has 2 saturated carbocycles. The molecule has 2 heterocycles. The van der Waals surface area contributed by atoms with Crippen LogP contribution in [0.5, 0.6) is 0 Å². The molecule has 1 aromatic carbocycles. The first-order valence-electron chi connectivity index (χ1n) is 10.7. The molecule has 8 heteroatoms. The van der Waals surface area contributed by atoms with Gasteiger partial charge in [0.15, 0.2) is 5.54 Å². The molecule has 1 unspecified atom stereocenters. The first kappa shape index (κ1) is 20.0. The number of methoxy groups -OCH3 is 2. The number of hydrogen-bond donors (Lipinski definition) is 0. The van der Waals surface area contributed by atoms with Gasteiger partial charge in [0.25, 0.3) is 0 Å². The number of carbonyl (C=O) groups excluding carboxylic acids is 4. The van der Waals surface area contributed by atoms with Crippen molar-refractivity contribution in [1.29, 1.82) is 0 Å². The lowest BCUT2D eigenvalue weighted by Crippen LogP contribution is -2.79. The zero-order valence-corrected chi connectivity index (χ0v) is 17.8. The number of esters is 1. The van der Waals surface area contributed by atoms with Gasteiger partial charge in [0, 0.05) is 19.4 Å². The van der Waals surface area contributed by atoms with Gasteiger partial charge in [-0.3, -0.25) is 14.5 Å². The van der Waals surface area contributed by atoms with E-state index in [0.717, 1.165) is 24.8 Å². The van der Waals surface area contributed by atoms with Crippen molar-refractivity contribution in [2.75, 3.05) is 25.7 Å². The summed E-state index contributed by atoms with van der Waals surface area (Å²) in [7, 11) is 2.58. The van der Waals surface area contributed by atoms with Gasteiger partial charge in [-0.15, -0.1) is 0 Å². The number of anilines is 1. The number of ether oxygens (including phenoxy) is 2. The van der Waals surface area contributed by atoms with Crippen LogP contribution < -0.4 is 4.90 Å². The molecule has 0 N–H and O–H groups in total. The molecule has 8 nitrogen and oxygen atoms in total. The first-order chi connectivity index (χ1) is 14.9. The highest BCUT2D eigenvalue weighted by atomic mass is 16.5. The molecule has 1 spiro atoms. The normalized spacial score (nSPS) is 35.5. The molecule has 0 aromatic heterocycles. The lowest BCUT2D eigenvalue weighted by molar-refractivity contribution is -0.175. The third-order valence-electron chi connectivity index (χ3n) is 8.24. The topological polar surface area (TPSA) is 93.2 Å². The summed E-state index contributed by atoms with van der Waals surface area (Å²) in [6, 6.07) is 6.91. The Morgan fingerprint density at radius 3 is 2.58 bits per heavy atom. The molecule has 31 heavy (non-hydrogen) atoms. The van der Waals surface area contributed by atoms with E-state index >= 15 is 0 Å². The number of rotatable bonds is 2. The van der Waals surface area contributed by atoms with Crippen molar-refractivity contribution in [3.8, 4) is 0 Å². The molecule has 1 saturated heterocycles. The van der Waals surface area contributed by atoms with Crippen LogP contribution in [-0.2, 0) is 29.3 Å². The summed E-state index contributed by atoms with van der Waals surface area (Å²) in [6.45, 7) is 0.559. The number of likely N-dealkylation sites (tertiary alicyclic amines) is 1. The highest BCUT2D eigenvalue weighted by Crippen LogP contribution is 2.69. The minimum Gasteiger partial charge on any atom is -0.467 e. The van der Waals surface area contributed by atoms with Crippen molar-refractivity contribution in [3.05, 3.63) is 29.8 Å². The third kappa shape index (κ3) is 2.15. The van der Waals surface area contributed by atoms with Gasteiger partial charge < -0.3 is 14.4 Å². The van der Waals surface area contributed by atoms with E-state index in [1.165, 1.54) is 19.1 Å². The Morgan fingerprint density at radius 2 is 1.87 bits per heavy atom. The largest absolute Gasteiger partial charge is 0.467 e. The van der Waals surface area contributed by atoms with E-state index in [9.17, 15) is 19.2 Å². The lowest BCUT2D eigenvalue weighted by atomic mass is 9.42. The van der Waals surface area contributed by atoms with Gasteiger partial charge in [-0.25, -0.2) is 9.59 Å². The number of nitrogens with zero attached hydrogens (tertiary/aromatic N) is 2. The lowest BCUT2D eigenvalue weighted by Gasteiger charge is -2.66. The highest BCUT2D eigenvalue weighted by molar-refractivity contribution is 6.06. The average Bonchev–Trinajstić information content (AvgIpc) is 3.03. The Balaban J connectivity index is 1.89. The summed E-state index contributed by atoms with van der Waals surface area (Å²) < 4.78 is 10.4. The van der Waals surface area contributed by atoms with Gasteiger partial charge in [-0.2, -0.15) is 0 Å². The van der Waals surface area contributed by atoms with Crippen LogP contribution >= 0.6 is 0 Å². The minimum atomic E-state index is -1.46. The second kappa shape index (κ2) is 6.55. The molecule has 4 atom stereocenters. The first-order valence-corrected chi connectivity index (χ1v) is 10.7. The number of benzene rings is 1. The molecule has 0 radical (unpaired) electrons. The Bertz CT molecular complexity index is 994. The fourth-order valence-electron chi connectivity index (χ4n) is 7.49. The van der Waals surface area contributed by atoms with Crippen LogP contribution in [0, 0.1) is 5.41 Å². The van der Waals surface area contributed by atoms with Crippen molar-refractivity contribution in [2.45, 2.75) is 55.5 Å². The summed E-state index contributed by atoms with van der Waals surface area (Å²) >= 11 is 0. The number of piperidine rings is 1. The van der Waals surface area contributed by atoms with Gasteiger partial charge in [0.2, 0.25) is 6.41 Å². The van der Waals surface area contributed by atoms with Crippen LogP contribution in [0.3, 0.4) is 0 Å². The third-order valence-corrected chi connectivity index (χ3v) is 8.24. The molecule has 2 bridgehead atoms. The molecule has 164 valence electrons. The molecule has 3 fully saturated rings. The van der Waals surface area contributed by atoms with E-state index in [-0.39, 0.29) is 18.2 Å². The second-order valence-corrected chi connectivity index (χ2v) is 9.25. The zero-order chi connectivity index (χ0) is 22.0. The maximum atomic E-state index is 13.6. The van der Waals surface area contributed by atoms with E-state index in [1.54, 1.807) is 17.0 Å². The summed E-state index contributed by atoms with van der Waals surface area (Å²) in [4.78, 5) is 55.5. The molecule has 4 aliphatic rings. The van der Waals surface area contributed by atoms with Crippen LogP contribution in [0.1, 0.15) is 44.1 Å². The predicted octanol–water partition coefficient (Wildman–Crippen LogP) is 2.19. The minimum absolute atomic E-state index is 0.0542.